The van der Waals surface area contributed by atoms with Crippen molar-refractivity contribution in [2.75, 3.05) is 5.75 Å². The highest BCUT2D eigenvalue weighted by molar-refractivity contribution is 7.99. The van der Waals surface area contributed by atoms with Gasteiger partial charge < -0.3 is 5.11 Å². The normalized spacial score (nSPS) is 21.9. The first kappa shape index (κ1) is 12.0. The number of nitrogens with zero attached hydrogens (tertiary/aromatic N) is 1. The number of fused-ring (bicyclic) bond motifs is 1. The zero-order chi connectivity index (χ0) is 12.4. The standard InChI is InChI=1S/C15H17NOS/c17-15(14-8-1-2-10-18-14)12-5-3-7-13-11(12)6-4-9-16-13/h3-7,9,14-15,17H,1-2,8,10H2. The summed E-state index contributed by atoms with van der Waals surface area (Å²) in [5.74, 6) is 1.17. The van der Waals surface area contributed by atoms with Crippen LogP contribution in [0.3, 0.4) is 0 Å². The lowest BCUT2D eigenvalue weighted by Gasteiger charge is -2.27. The van der Waals surface area contributed by atoms with Gasteiger partial charge in [-0.1, -0.05) is 24.6 Å². The monoisotopic (exact) mass is 259 g/mol. The molecule has 1 N–H and O–H groups in total. The summed E-state index contributed by atoms with van der Waals surface area (Å²) in [4.78, 5) is 4.35. The van der Waals surface area contributed by atoms with Crippen molar-refractivity contribution in [2.24, 2.45) is 0 Å². The van der Waals surface area contributed by atoms with Crippen molar-refractivity contribution in [2.45, 2.75) is 30.6 Å². The van der Waals surface area contributed by atoms with Crippen molar-refractivity contribution in [3.63, 3.8) is 0 Å². The Labute approximate surface area is 111 Å². The van der Waals surface area contributed by atoms with Gasteiger partial charge in [0.15, 0.2) is 0 Å². The molecule has 1 aromatic carbocycles. The number of rotatable bonds is 2. The molecular formula is C15H17NOS. The molecule has 0 spiro atoms. The van der Waals surface area contributed by atoms with Gasteiger partial charge in [-0.05, 0) is 36.3 Å². The predicted molar refractivity (Wildman–Crippen MR) is 76.8 cm³/mol. The molecule has 0 radical (unpaired) electrons. The van der Waals surface area contributed by atoms with E-state index in [4.69, 9.17) is 0 Å². The van der Waals surface area contributed by atoms with Gasteiger partial charge in [-0.3, -0.25) is 4.98 Å². The largest absolute Gasteiger partial charge is 0.387 e. The Morgan fingerprint density at radius 2 is 2.17 bits per heavy atom. The number of aliphatic hydroxyl groups is 1. The zero-order valence-corrected chi connectivity index (χ0v) is 11.1. The molecule has 2 heterocycles. The molecule has 2 nitrogen and oxygen atoms in total. The van der Waals surface area contributed by atoms with E-state index in [0.717, 1.165) is 22.9 Å². The summed E-state index contributed by atoms with van der Waals surface area (Å²) in [5.41, 5.74) is 2.00. The van der Waals surface area contributed by atoms with Crippen LogP contribution in [0.5, 0.6) is 0 Å². The van der Waals surface area contributed by atoms with Gasteiger partial charge in [-0.2, -0.15) is 11.8 Å². The van der Waals surface area contributed by atoms with Crippen LogP contribution < -0.4 is 0 Å². The van der Waals surface area contributed by atoms with Crippen LogP contribution in [0.4, 0.5) is 0 Å². The maximum atomic E-state index is 10.6. The molecule has 94 valence electrons. The van der Waals surface area contributed by atoms with Crippen LogP contribution in [0.15, 0.2) is 36.5 Å². The van der Waals surface area contributed by atoms with Gasteiger partial charge in [0.25, 0.3) is 0 Å². The summed E-state index contributed by atoms with van der Waals surface area (Å²) in [6, 6.07) is 10.0. The van der Waals surface area contributed by atoms with E-state index in [0.29, 0.717) is 5.25 Å². The summed E-state index contributed by atoms with van der Waals surface area (Å²) >= 11 is 1.90. The molecule has 2 atom stereocenters. The van der Waals surface area contributed by atoms with Crippen molar-refractivity contribution in [1.82, 2.24) is 4.98 Å². The fourth-order valence-corrected chi connectivity index (χ4v) is 3.94. The Balaban J connectivity index is 1.97. The van der Waals surface area contributed by atoms with Gasteiger partial charge in [0.1, 0.15) is 0 Å². The van der Waals surface area contributed by atoms with Gasteiger partial charge in [0.2, 0.25) is 0 Å². The molecule has 3 heteroatoms. The van der Waals surface area contributed by atoms with E-state index in [9.17, 15) is 5.11 Å². The number of benzene rings is 1. The molecule has 0 aliphatic carbocycles. The van der Waals surface area contributed by atoms with Crippen LogP contribution in [-0.4, -0.2) is 21.1 Å². The Morgan fingerprint density at radius 1 is 1.22 bits per heavy atom. The minimum absolute atomic E-state index is 0.338. The van der Waals surface area contributed by atoms with Crippen LogP contribution >= 0.6 is 11.8 Å². The van der Waals surface area contributed by atoms with E-state index in [2.05, 4.69) is 4.98 Å². The van der Waals surface area contributed by atoms with E-state index in [1.807, 2.05) is 42.1 Å². The number of pyridine rings is 1. The number of aromatic nitrogens is 1. The van der Waals surface area contributed by atoms with Crippen molar-refractivity contribution in [1.29, 1.82) is 0 Å². The molecule has 2 unspecified atom stereocenters. The zero-order valence-electron chi connectivity index (χ0n) is 10.2. The maximum Gasteiger partial charge on any atom is 0.0915 e. The first-order valence-corrected chi connectivity index (χ1v) is 7.54. The van der Waals surface area contributed by atoms with Crippen molar-refractivity contribution in [3.05, 3.63) is 42.1 Å². The van der Waals surface area contributed by atoms with Crippen molar-refractivity contribution in [3.8, 4) is 0 Å². The second-order valence-corrected chi connectivity index (χ2v) is 6.11. The van der Waals surface area contributed by atoms with Crippen LogP contribution in [-0.2, 0) is 0 Å². The molecule has 18 heavy (non-hydrogen) atoms. The lowest BCUT2D eigenvalue weighted by molar-refractivity contribution is 0.170. The van der Waals surface area contributed by atoms with Crippen LogP contribution in [0.2, 0.25) is 0 Å². The summed E-state index contributed by atoms with van der Waals surface area (Å²) in [6.07, 6.45) is 5.06. The molecule has 0 bridgehead atoms. The fourth-order valence-electron chi connectivity index (χ4n) is 2.60. The SMILES string of the molecule is OC(c1cccc2ncccc12)C1CCCCS1. The molecule has 1 saturated heterocycles. The second kappa shape index (κ2) is 5.29. The van der Waals surface area contributed by atoms with Crippen molar-refractivity contribution >= 4 is 22.7 Å². The van der Waals surface area contributed by atoms with Gasteiger partial charge in [-0.25, -0.2) is 0 Å². The van der Waals surface area contributed by atoms with E-state index >= 15 is 0 Å². The number of hydrogen-bond donors (Lipinski definition) is 1. The smallest absolute Gasteiger partial charge is 0.0915 e. The Kier molecular flexibility index (Phi) is 3.52. The number of thioether (sulfide) groups is 1. The number of aliphatic hydroxyl groups excluding tert-OH is 1. The van der Waals surface area contributed by atoms with Crippen LogP contribution in [0, 0.1) is 0 Å². The first-order valence-electron chi connectivity index (χ1n) is 6.49. The highest BCUT2D eigenvalue weighted by Crippen LogP contribution is 2.36. The Hall–Kier alpha value is -1.06. The lowest BCUT2D eigenvalue weighted by Crippen LogP contribution is -2.19. The van der Waals surface area contributed by atoms with Gasteiger partial charge in [0, 0.05) is 16.8 Å². The molecular weight excluding hydrogens is 242 g/mol. The van der Waals surface area contributed by atoms with Gasteiger partial charge in [-0.15, -0.1) is 0 Å². The third-order valence-corrected chi connectivity index (χ3v) is 5.01. The Bertz CT molecular complexity index is 532. The second-order valence-electron chi connectivity index (χ2n) is 4.77. The highest BCUT2D eigenvalue weighted by atomic mass is 32.2. The molecule has 1 fully saturated rings. The molecule has 1 aliphatic rings. The summed E-state index contributed by atoms with van der Waals surface area (Å²) in [7, 11) is 0. The van der Waals surface area contributed by atoms with E-state index in [-0.39, 0.29) is 6.10 Å². The van der Waals surface area contributed by atoms with E-state index in [1.54, 1.807) is 6.20 Å². The van der Waals surface area contributed by atoms with Crippen molar-refractivity contribution < 1.29 is 5.11 Å². The third-order valence-electron chi connectivity index (χ3n) is 3.57. The minimum Gasteiger partial charge on any atom is -0.387 e. The average Bonchev–Trinajstić information content (AvgIpc) is 2.47. The molecule has 0 saturated carbocycles. The minimum atomic E-state index is -0.372. The molecule has 0 amide bonds. The highest BCUT2D eigenvalue weighted by Gasteiger charge is 2.24. The van der Waals surface area contributed by atoms with Crippen LogP contribution in [0.1, 0.15) is 30.9 Å². The molecule has 3 rings (SSSR count). The molecule has 1 aromatic heterocycles. The van der Waals surface area contributed by atoms with Gasteiger partial charge in [0.05, 0.1) is 11.6 Å². The fraction of sp³-hybridized carbons (Fsp3) is 0.400. The summed E-state index contributed by atoms with van der Waals surface area (Å²) in [6.45, 7) is 0. The first-order chi connectivity index (χ1) is 8.86. The predicted octanol–water partition coefficient (Wildman–Crippen LogP) is 3.55. The van der Waals surface area contributed by atoms with E-state index < -0.39 is 0 Å². The average molecular weight is 259 g/mol. The third kappa shape index (κ3) is 2.25. The molecule has 2 aromatic rings. The lowest BCUT2D eigenvalue weighted by atomic mass is 9.98. The Morgan fingerprint density at radius 3 is 3.00 bits per heavy atom. The van der Waals surface area contributed by atoms with Crippen LogP contribution in [0.25, 0.3) is 10.9 Å². The maximum absolute atomic E-state index is 10.6. The molecule has 1 aliphatic heterocycles. The topological polar surface area (TPSA) is 33.1 Å². The number of hydrogen-bond acceptors (Lipinski definition) is 3. The quantitative estimate of drug-likeness (QED) is 0.895. The van der Waals surface area contributed by atoms with Gasteiger partial charge >= 0.3 is 0 Å². The summed E-state index contributed by atoms with van der Waals surface area (Å²) < 4.78 is 0. The van der Waals surface area contributed by atoms with E-state index in [1.165, 1.54) is 18.6 Å². The summed E-state index contributed by atoms with van der Waals surface area (Å²) in [5, 5.41) is 12.0.